The summed E-state index contributed by atoms with van der Waals surface area (Å²) >= 11 is 0. The molecule has 0 radical (unpaired) electrons. The lowest BCUT2D eigenvalue weighted by molar-refractivity contribution is -0.111. The molecule has 0 spiro atoms. The number of benzene rings is 2. The largest absolute Gasteiger partial charge is 0.508 e. The number of amides is 1. The van der Waals surface area contributed by atoms with E-state index in [4.69, 9.17) is 0 Å². The first-order valence-corrected chi connectivity index (χ1v) is 16.6. The molecule has 0 aliphatic heterocycles. The van der Waals surface area contributed by atoms with Crippen molar-refractivity contribution in [2.24, 2.45) is 0 Å². The third-order valence-electron chi connectivity index (χ3n) is 7.24. The summed E-state index contributed by atoms with van der Waals surface area (Å²) in [4.78, 5) is 13.2. The molecule has 0 saturated carbocycles. The van der Waals surface area contributed by atoms with Crippen molar-refractivity contribution in [1.82, 2.24) is 0 Å². The number of rotatable bonds is 21. The fourth-order valence-electron chi connectivity index (χ4n) is 4.77. The molecule has 216 valence electrons. The molecule has 0 bridgehead atoms. The van der Waals surface area contributed by atoms with Gasteiger partial charge in [-0.15, -0.1) is 0 Å². The third kappa shape index (κ3) is 15.1. The van der Waals surface area contributed by atoms with Gasteiger partial charge in [0.25, 0.3) is 0 Å². The average Bonchev–Trinajstić information content (AvgIpc) is 2.93. The number of nitrogens with one attached hydrogen (secondary N) is 1. The van der Waals surface area contributed by atoms with Crippen molar-refractivity contribution in [3.05, 3.63) is 60.2 Å². The number of phenolic OH excluding ortho intramolecular Hbond substituents is 1. The number of anilines is 1. The van der Waals surface area contributed by atoms with Crippen LogP contribution in [0.2, 0.25) is 0 Å². The van der Waals surface area contributed by atoms with Crippen LogP contribution >= 0.6 is 0 Å². The summed E-state index contributed by atoms with van der Waals surface area (Å²) in [5, 5.41) is 12.3. The standard InChI is InChI=1S/C34H51NO3S/c1-3-4-5-6-7-8-9-10-11-12-13-14-15-16-17-18-27-39(38)33-25-21-31(22-26-33)35-34(37)28-29(2)30-19-23-32(36)24-20-30/h19-26,28,36H,3-18,27H2,1-2H3,(H,35,37). The highest BCUT2D eigenvalue weighted by Crippen LogP contribution is 2.19. The Balaban J connectivity index is 1.51. The lowest BCUT2D eigenvalue weighted by atomic mass is 10.0. The zero-order valence-electron chi connectivity index (χ0n) is 24.4. The topological polar surface area (TPSA) is 66.4 Å². The monoisotopic (exact) mass is 553 g/mol. The van der Waals surface area contributed by atoms with Crippen LogP contribution in [0, 0.1) is 0 Å². The minimum Gasteiger partial charge on any atom is -0.508 e. The van der Waals surface area contributed by atoms with Crippen LogP contribution in [0.4, 0.5) is 5.69 Å². The first-order valence-electron chi connectivity index (χ1n) is 15.3. The van der Waals surface area contributed by atoms with Gasteiger partial charge in [-0.05, 0) is 60.9 Å². The van der Waals surface area contributed by atoms with Crippen LogP contribution < -0.4 is 5.32 Å². The molecule has 1 unspecified atom stereocenters. The molecule has 0 saturated heterocycles. The summed E-state index contributed by atoms with van der Waals surface area (Å²) in [6.45, 7) is 4.13. The summed E-state index contributed by atoms with van der Waals surface area (Å²) in [6, 6.07) is 14.1. The van der Waals surface area contributed by atoms with Crippen LogP contribution in [0.25, 0.3) is 5.57 Å². The summed E-state index contributed by atoms with van der Waals surface area (Å²) in [6.07, 6.45) is 22.9. The molecule has 5 heteroatoms. The van der Waals surface area contributed by atoms with Crippen molar-refractivity contribution < 1.29 is 14.1 Å². The Morgan fingerprint density at radius 2 is 1.18 bits per heavy atom. The van der Waals surface area contributed by atoms with E-state index in [1.165, 1.54) is 96.0 Å². The molecule has 2 rings (SSSR count). The Kier molecular flexibility index (Phi) is 17.2. The molecular weight excluding hydrogens is 502 g/mol. The second-order valence-electron chi connectivity index (χ2n) is 10.7. The molecule has 0 aliphatic carbocycles. The first-order chi connectivity index (χ1) is 19.0. The fourth-order valence-corrected chi connectivity index (χ4v) is 5.91. The van der Waals surface area contributed by atoms with Gasteiger partial charge in [0.1, 0.15) is 5.75 Å². The molecular formula is C34H51NO3S. The first kappa shape index (κ1) is 32.8. The smallest absolute Gasteiger partial charge is 0.248 e. The summed E-state index contributed by atoms with van der Waals surface area (Å²) in [7, 11) is -1.00. The molecule has 0 heterocycles. The molecule has 0 fully saturated rings. The predicted octanol–water partition coefficient (Wildman–Crippen LogP) is 9.80. The van der Waals surface area contributed by atoms with Gasteiger partial charge in [-0.1, -0.05) is 115 Å². The SMILES string of the molecule is CCCCCCCCCCCCCCCCCCS(=O)c1ccc(NC(=O)C=C(C)c2ccc(O)cc2)cc1. The molecule has 1 atom stereocenters. The van der Waals surface area contributed by atoms with Gasteiger partial charge in [0, 0.05) is 22.4 Å². The highest BCUT2D eigenvalue weighted by atomic mass is 32.2. The van der Waals surface area contributed by atoms with Crippen molar-refractivity contribution in [2.45, 2.75) is 121 Å². The number of allylic oxidation sites excluding steroid dienone is 1. The average molecular weight is 554 g/mol. The van der Waals surface area contributed by atoms with Crippen LogP contribution in [-0.2, 0) is 15.6 Å². The number of hydrogen-bond acceptors (Lipinski definition) is 3. The summed E-state index contributed by atoms with van der Waals surface area (Å²) in [5.74, 6) is 0.671. The maximum Gasteiger partial charge on any atom is 0.248 e. The van der Waals surface area contributed by atoms with E-state index in [1.807, 2.05) is 31.2 Å². The zero-order chi connectivity index (χ0) is 28.1. The number of carbonyl (C=O) groups is 1. The molecule has 4 nitrogen and oxygen atoms in total. The molecule has 1 amide bonds. The van der Waals surface area contributed by atoms with Crippen molar-refractivity contribution in [3.8, 4) is 5.75 Å². The minimum atomic E-state index is -1.00. The Labute approximate surface area is 240 Å². The Morgan fingerprint density at radius 1 is 0.718 bits per heavy atom. The van der Waals surface area contributed by atoms with Crippen molar-refractivity contribution in [1.29, 1.82) is 0 Å². The molecule has 39 heavy (non-hydrogen) atoms. The van der Waals surface area contributed by atoms with E-state index >= 15 is 0 Å². The predicted molar refractivity (Wildman–Crippen MR) is 168 cm³/mol. The van der Waals surface area contributed by atoms with Crippen LogP contribution in [0.5, 0.6) is 5.75 Å². The molecule has 2 aromatic rings. The normalized spacial score (nSPS) is 12.4. The van der Waals surface area contributed by atoms with Crippen LogP contribution in [-0.4, -0.2) is 21.0 Å². The van der Waals surface area contributed by atoms with Crippen LogP contribution in [0.15, 0.2) is 59.5 Å². The van der Waals surface area contributed by atoms with E-state index in [9.17, 15) is 14.1 Å². The van der Waals surface area contributed by atoms with Gasteiger partial charge < -0.3 is 10.4 Å². The zero-order valence-corrected chi connectivity index (χ0v) is 25.2. The van der Waals surface area contributed by atoms with Gasteiger partial charge in [0.05, 0.1) is 10.8 Å². The van der Waals surface area contributed by atoms with Crippen molar-refractivity contribution >= 4 is 28.0 Å². The Morgan fingerprint density at radius 3 is 1.67 bits per heavy atom. The van der Waals surface area contributed by atoms with Gasteiger partial charge in [0.15, 0.2) is 0 Å². The van der Waals surface area contributed by atoms with E-state index in [1.54, 1.807) is 24.3 Å². The number of carbonyl (C=O) groups excluding carboxylic acids is 1. The second kappa shape index (κ2) is 20.5. The Bertz CT molecular complexity index is 983. The van der Waals surface area contributed by atoms with E-state index in [2.05, 4.69) is 12.2 Å². The molecule has 0 aromatic heterocycles. The highest BCUT2D eigenvalue weighted by molar-refractivity contribution is 7.85. The highest BCUT2D eigenvalue weighted by Gasteiger charge is 2.06. The van der Waals surface area contributed by atoms with E-state index in [-0.39, 0.29) is 11.7 Å². The Hall–Kier alpha value is -2.40. The van der Waals surface area contributed by atoms with Crippen LogP contribution in [0.3, 0.4) is 0 Å². The second-order valence-corrected chi connectivity index (χ2v) is 12.3. The van der Waals surface area contributed by atoms with Gasteiger partial charge in [0.2, 0.25) is 5.91 Å². The number of phenols is 1. The lowest BCUT2D eigenvalue weighted by Gasteiger charge is -2.07. The van der Waals surface area contributed by atoms with Gasteiger partial charge in [-0.25, -0.2) is 0 Å². The van der Waals surface area contributed by atoms with Gasteiger partial charge in [-0.2, -0.15) is 0 Å². The quantitative estimate of drug-likeness (QED) is 0.119. The van der Waals surface area contributed by atoms with E-state index in [0.717, 1.165) is 28.9 Å². The number of aromatic hydroxyl groups is 1. The van der Waals surface area contributed by atoms with E-state index in [0.29, 0.717) is 11.4 Å². The van der Waals surface area contributed by atoms with Crippen molar-refractivity contribution in [3.63, 3.8) is 0 Å². The fraction of sp³-hybridized carbons (Fsp3) is 0.559. The number of hydrogen-bond donors (Lipinski definition) is 2. The maximum absolute atomic E-state index is 12.6. The minimum absolute atomic E-state index is 0.197. The number of unbranched alkanes of at least 4 members (excludes halogenated alkanes) is 15. The van der Waals surface area contributed by atoms with Gasteiger partial charge >= 0.3 is 0 Å². The third-order valence-corrected chi connectivity index (χ3v) is 8.70. The summed E-state index contributed by atoms with van der Waals surface area (Å²) < 4.78 is 12.6. The van der Waals surface area contributed by atoms with Crippen LogP contribution in [0.1, 0.15) is 122 Å². The summed E-state index contributed by atoms with van der Waals surface area (Å²) in [5.41, 5.74) is 2.37. The molecule has 2 N–H and O–H groups in total. The molecule has 2 aromatic carbocycles. The maximum atomic E-state index is 12.6. The van der Waals surface area contributed by atoms with Crippen molar-refractivity contribution in [2.75, 3.05) is 11.1 Å². The van der Waals surface area contributed by atoms with Gasteiger partial charge in [-0.3, -0.25) is 9.00 Å². The lowest BCUT2D eigenvalue weighted by Crippen LogP contribution is -2.08. The van der Waals surface area contributed by atoms with E-state index < -0.39 is 10.8 Å². The molecule has 0 aliphatic rings.